The van der Waals surface area contributed by atoms with Crippen molar-refractivity contribution < 1.29 is 14.6 Å². The smallest absolute Gasteiger partial charge is 0.337 e. The SMILES string of the molecule is Cc1cc(NC[C@H]2CCCO2)c2cccc(C(=O)O)c2n1. The molecule has 21 heavy (non-hydrogen) atoms. The van der Waals surface area contributed by atoms with Crippen LogP contribution in [-0.4, -0.2) is 35.3 Å². The van der Waals surface area contributed by atoms with Gasteiger partial charge in [-0.1, -0.05) is 12.1 Å². The zero-order valence-electron chi connectivity index (χ0n) is 11.9. The molecule has 2 N–H and O–H groups in total. The molecule has 2 heterocycles. The van der Waals surface area contributed by atoms with Gasteiger partial charge in [-0.3, -0.25) is 4.98 Å². The van der Waals surface area contributed by atoms with Crippen LogP contribution in [-0.2, 0) is 4.74 Å². The number of benzene rings is 1. The minimum absolute atomic E-state index is 0.233. The third-order valence-electron chi connectivity index (χ3n) is 3.74. The quantitative estimate of drug-likeness (QED) is 0.904. The molecule has 1 atom stereocenters. The van der Waals surface area contributed by atoms with Crippen molar-refractivity contribution in [1.29, 1.82) is 0 Å². The summed E-state index contributed by atoms with van der Waals surface area (Å²) >= 11 is 0. The first-order valence-electron chi connectivity index (χ1n) is 7.14. The van der Waals surface area contributed by atoms with Gasteiger partial charge in [-0.15, -0.1) is 0 Å². The molecule has 5 heteroatoms. The Labute approximate surface area is 123 Å². The number of fused-ring (bicyclic) bond motifs is 1. The average molecular weight is 286 g/mol. The van der Waals surface area contributed by atoms with Crippen LogP contribution < -0.4 is 5.32 Å². The van der Waals surface area contributed by atoms with Gasteiger partial charge in [0.1, 0.15) is 0 Å². The number of rotatable bonds is 4. The minimum Gasteiger partial charge on any atom is -0.478 e. The number of nitrogens with one attached hydrogen (secondary N) is 1. The standard InChI is InChI=1S/C16H18N2O3/c1-10-8-14(17-9-11-4-3-7-21-11)12-5-2-6-13(16(19)20)15(12)18-10/h2,5-6,8,11H,3-4,7,9H2,1H3,(H,17,18)(H,19,20)/t11-/m1/s1. The maximum absolute atomic E-state index is 11.3. The van der Waals surface area contributed by atoms with Crippen molar-refractivity contribution in [3.63, 3.8) is 0 Å². The van der Waals surface area contributed by atoms with Gasteiger partial charge < -0.3 is 15.2 Å². The fourth-order valence-corrected chi connectivity index (χ4v) is 2.72. The molecule has 1 aromatic heterocycles. The van der Waals surface area contributed by atoms with E-state index in [0.717, 1.165) is 42.8 Å². The molecule has 1 saturated heterocycles. The first-order chi connectivity index (χ1) is 10.1. The van der Waals surface area contributed by atoms with Gasteiger partial charge in [0.2, 0.25) is 0 Å². The molecule has 0 bridgehead atoms. The van der Waals surface area contributed by atoms with Gasteiger partial charge in [0.15, 0.2) is 0 Å². The number of ether oxygens (including phenoxy) is 1. The highest BCUT2D eigenvalue weighted by Gasteiger charge is 2.17. The molecule has 5 nitrogen and oxygen atoms in total. The molecule has 3 rings (SSSR count). The first-order valence-corrected chi connectivity index (χ1v) is 7.14. The summed E-state index contributed by atoms with van der Waals surface area (Å²) in [5, 5.41) is 13.5. The fraction of sp³-hybridized carbons (Fsp3) is 0.375. The number of pyridine rings is 1. The fourth-order valence-electron chi connectivity index (χ4n) is 2.72. The van der Waals surface area contributed by atoms with E-state index in [1.807, 2.05) is 19.1 Å². The molecule has 0 aliphatic carbocycles. The van der Waals surface area contributed by atoms with Crippen LogP contribution in [0.5, 0.6) is 0 Å². The Bertz CT molecular complexity index is 679. The second-order valence-electron chi connectivity index (χ2n) is 5.33. The third kappa shape index (κ3) is 2.83. The summed E-state index contributed by atoms with van der Waals surface area (Å²) in [6.45, 7) is 3.43. The lowest BCUT2D eigenvalue weighted by atomic mass is 10.1. The highest BCUT2D eigenvalue weighted by molar-refractivity contribution is 6.05. The molecule has 1 aromatic carbocycles. The number of aromatic carboxylic acids is 1. The molecule has 1 fully saturated rings. The number of hydrogen-bond acceptors (Lipinski definition) is 4. The van der Waals surface area contributed by atoms with Gasteiger partial charge in [0.25, 0.3) is 0 Å². The predicted octanol–water partition coefficient (Wildman–Crippen LogP) is 2.83. The lowest BCUT2D eigenvalue weighted by molar-refractivity contribution is 0.0699. The van der Waals surface area contributed by atoms with Gasteiger partial charge in [0, 0.05) is 29.9 Å². The molecular formula is C16H18N2O3. The van der Waals surface area contributed by atoms with Crippen LogP contribution in [0.15, 0.2) is 24.3 Å². The van der Waals surface area contributed by atoms with E-state index in [9.17, 15) is 9.90 Å². The number of carbonyl (C=O) groups is 1. The lowest BCUT2D eigenvalue weighted by Gasteiger charge is -2.15. The Kier molecular flexibility index (Phi) is 3.75. The van der Waals surface area contributed by atoms with E-state index in [1.54, 1.807) is 12.1 Å². The molecule has 110 valence electrons. The van der Waals surface area contributed by atoms with Crippen LogP contribution >= 0.6 is 0 Å². The monoisotopic (exact) mass is 286 g/mol. The third-order valence-corrected chi connectivity index (χ3v) is 3.74. The van der Waals surface area contributed by atoms with Crippen molar-refractivity contribution in [3.8, 4) is 0 Å². The summed E-state index contributed by atoms with van der Waals surface area (Å²) in [4.78, 5) is 15.7. The number of aromatic nitrogens is 1. The first kappa shape index (κ1) is 13.8. The maximum Gasteiger partial charge on any atom is 0.337 e. The van der Waals surface area contributed by atoms with E-state index in [2.05, 4.69) is 10.3 Å². The summed E-state index contributed by atoms with van der Waals surface area (Å²) in [6, 6.07) is 7.18. The predicted molar refractivity (Wildman–Crippen MR) is 80.9 cm³/mol. The summed E-state index contributed by atoms with van der Waals surface area (Å²) in [5.41, 5.74) is 2.47. The Balaban J connectivity index is 1.97. The number of hydrogen-bond donors (Lipinski definition) is 2. The van der Waals surface area contributed by atoms with Crippen LogP contribution in [0.25, 0.3) is 10.9 Å². The normalized spacial score (nSPS) is 18.0. The number of aryl methyl sites for hydroxylation is 1. The van der Waals surface area contributed by atoms with Crippen LogP contribution in [0, 0.1) is 6.92 Å². The summed E-state index contributed by atoms with van der Waals surface area (Å²) in [5.74, 6) is -0.955. The second kappa shape index (κ2) is 5.69. The molecule has 0 saturated carbocycles. The zero-order valence-corrected chi connectivity index (χ0v) is 11.9. The summed E-state index contributed by atoms with van der Waals surface area (Å²) < 4.78 is 5.61. The van der Waals surface area contributed by atoms with Gasteiger partial charge >= 0.3 is 5.97 Å². The van der Waals surface area contributed by atoms with Crippen LogP contribution in [0.4, 0.5) is 5.69 Å². The van der Waals surface area contributed by atoms with Crippen LogP contribution in [0.2, 0.25) is 0 Å². The van der Waals surface area contributed by atoms with Crippen molar-refractivity contribution in [3.05, 3.63) is 35.5 Å². The van der Waals surface area contributed by atoms with E-state index in [0.29, 0.717) is 5.52 Å². The number of para-hydroxylation sites is 1. The molecule has 0 unspecified atom stereocenters. The van der Waals surface area contributed by atoms with E-state index < -0.39 is 5.97 Å². The highest BCUT2D eigenvalue weighted by Crippen LogP contribution is 2.26. The molecule has 1 aliphatic heterocycles. The highest BCUT2D eigenvalue weighted by atomic mass is 16.5. The summed E-state index contributed by atoms with van der Waals surface area (Å²) in [6.07, 6.45) is 2.40. The van der Waals surface area contributed by atoms with Crippen LogP contribution in [0.1, 0.15) is 28.9 Å². The Morgan fingerprint density at radius 3 is 3.10 bits per heavy atom. The zero-order chi connectivity index (χ0) is 14.8. The van der Waals surface area contributed by atoms with Crippen LogP contribution in [0.3, 0.4) is 0 Å². The minimum atomic E-state index is -0.955. The van der Waals surface area contributed by atoms with E-state index in [-0.39, 0.29) is 11.7 Å². The number of carboxylic acids is 1. The molecule has 1 aliphatic rings. The lowest BCUT2D eigenvalue weighted by Crippen LogP contribution is -2.18. The number of anilines is 1. The Hall–Kier alpha value is -2.14. The van der Waals surface area contributed by atoms with Gasteiger partial charge in [0.05, 0.1) is 17.2 Å². The van der Waals surface area contributed by atoms with Crippen molar-refractivity contribution in [2.75, 3.05) is 18.5 Å². The Morgan fingerprint density at radius 2 is 2.38 bits per heavy atom. The topological polar surface area (TPSA) is 71.5 Å². The second-order valence-corrected chi connectivity index (χ2v) is 5.33. The largest absolute Gasteiger partial charge is 0.478 e. The van der Waals surface area contributed by atoms with Gasteiger partial charge in [-0.05, 0) is 31.9 Å². The average Bonchev–Trinajstić information content (AvgIpc) is 2.97. The van der Waals surface area contributed by atoms with E-state index in [4.69, 9.17) is 4.74 Å². The van der Waals surface area contributed by atoms with Crippen molar-refractivity contribution in [2.45, 2.75) is 25.9 Å². The van der Waals surface area contributed by atoms with Gasteiger partial charge in [-0.2, -0.15) is 0 Å². The molecule has 0 radical (unpaired) electrons. The molecule has 0 spiro atoms. The molecule has 2 aromatic rings. The van der Waals surface area contributed by atoms with E-state index >= 15 is 0 Å². The van der Waals surface area contributed by atoms with E-state index in [1.165, 1.54) is 0 Å². The Morgan fingerprint density at radius 1 is 1.52 bits per heavy atom. The maximum atomic E-state index is 11.3. The van der Waals surface area contributed by atoms with Crippen molar-refractivity contribution in [1.82, 2.24) is 4.98 Å². The molecule has 0 amide bonds. The van der Waals surface area contributed by atoms with Crippen molar-refractivity contribution in [2.24, 2.45) is 0 Å². The number of carboxylic acid groups (broad SMARTS) is 1. The van der Waals surface area contributed by atoms with Gasteiger partial charge in [-0.25, -0.2) is 4.79 Å². The number of nitrogens with zero attached hydrogens (tertiary/aromatic N) is 1. The van der Waals surface area contributed by atoms with Crippen molar-refractivity contribution >= 4 is 22.6 Å². The molecular weight excluding hydrogens is 268 g/mol. The summed E-state index contributed by atoms with van der Waals surface area (Å²) in [7, 11) is 0.